The van der Waals surface area contributed by atoms with E-state index in [1.807, 2.05) is 13.8 Å². The Labute approximate surface area is 124 Å². The number of carboxylic acid groups (broad SMARTS) is 1. The van der Waals surface area contributed by atoms with Crippen LogP contribution in [0.2, 0.25) is 0 Å². The SMILES string of the molecule is CCC(C)C(NC(N)=O)C(=O)NC1CCCC1(C)C(=O)O. The van der Waals surface area contributed by atoms with Crippen LogP contribution in [0, 0.1) is 11.3 Å². The van der Waals surface area contributed by atoms with Crippen molar-refractivity contribution in [1.82, 2.24) is 10.6 Å². The minimum absolute atomic E-state index is 0.0880. The van der Waals surface area contributed by atoms with Gasteiger partial charge in [-0.3, -0.25) is 9.59 Å². The molecule has 21 heavy (non-hydrogen) atoms. The van der Waals surface area contributed by atoms with Crippen molar-refractivity contribution in [3.8, 4) is 0 Å². The van der Waals surface area contributed by atoms with E-state index in [1.54, 1.807) is 6.92 Å². The molecule has 4 unspecified atom stereocenters. The first kappa shape index (κ1) is 17.3. The Kier molecular flexibility index (Phi) is 5.57. The van der Waals surface area contributed by atoms with Crippen molar-refractivity contribution in [3.63, 3.8) is 0 Å². The normalized spacial score (nSPS) is 27.7. The van der Waals surface area contributed by atoms with Crippen LogP contribution in [0.15, 0.2) is 0 Å². The number of aliphatic carboxylic acids is 1. The van der Waals surface area contributed by atoms with Crippen LogP contribution < -0.4 is 16.4 Å². The Morgan fingerprint density at radius 1 is 1.43 bits per heavy atom. The van der Waals surface area contributed by atoms with Crippen molar-refractivity contribution >= 4 is 17.9 Å². The summed E-state index contributed by atoms with van der Waals surface area (Å²) in [6.45, 7) is 5.39. The van der Waals surface area contributed by atoms with Gasteiger partial charge >= 0.3 is 12.0 Å². The Balaban J connectivity index is 2.81. The second kappa shape index (κ2) is 6.78. The summed E-state index contributed by atoms with van der Waals surface area (Å²) in [6.07, 6.45) is 2.60. The number of rotatable bonds is 6. The minimum Gasteiger partial charge on any atom is -0.481 e. The van der Waals surface area contributed by atoms with Gasteiger partial charge in [0.05, 0.1) is 5.41 Å². The standard InChI is InChI=1S/C14H25N3O4/c1-4-8(2)10(17-13(15)21)11(18)16-9-6-5-7-14(9,3)12(19)20/h8-10H,4-7H2,1-3H3,(H,16,18)(H,19,20)(H3,15,17,21). The van der Waals surface area contributed by atoms with Crippen molar-refractivity contribution in [1.29, 1.82) is 0 Å². The Hall–Kier alpha value is -1.79. The fourth-order valence-electron chi connectivity index (χ4n) is 2.77. The molecular formula is C14H25N3O4. The molecule has 7 nitrogen and oxygen atoms in total. The van der Waals surface area contributed by atoms with Crippen LogP contribution in [-0.4, -0.2) is 35.1 Å². The fraction of sp³-hybridized carbons (Fsp3) is 0.786. The molecule has 1 saturated carbocycles. The number of carbonyl (C=O) groups is 3. The lowest BCUT2D eigenvalue weighted by Gasteiger charge is -2.30. The topological polar surface area (TPSA) is 122 Å². The van der Waals surface area contributed by atoms with E-state index in [1.165, 1.54) is 0 Å². The first-order valence-corrected chi connectivity index (χ1v) is 7.32. The molecule has 4 atom stereocenters. The molecule has 3 amide bonds. The maximum absolute atomic E-state index is 12.4. The number of amides is 3. The second-order valence-corrected chi connectivity index (χ2v) is 6.05. The largest absolute Gasteiger partial charge is 0.481 e. The summed E-state index contributed by atoms with van der Waals surface area (Å²) < 4.78 is 0. The first-order chi connectivity index (χ1) is 9.72. The van der Waals surface area contributed by atoms with Crippen molar-refractivity contribution in [2.45, 2.75) is 58.5 Å². The molecule has 120 valence electrons. The highest BCUT2D eigenvalue weighted by molar-refractivity contribution is 5.87. The van der Waals surface area contributed by atoms with Crippen LogP contribution in [-0.2, 0) is 9.59 Å². The van der Waals surface area contributed by atoms with Crippen LogP contribution in [0.25, 0.3) is 0 Å². The average molecular weight is 299 g/mol. The Morgan fingerprint density at radius 3 is 2.52 bits per heavy atom. The van der Waals surface area contributed by atoms with Crippen molar-refractivity contribution in [3.05, 3.63) is 0 Å². The quantitative estimate of drug-likeness (QED) is 0.580. The second-order valence-electron chi connectivity index (χ2n) is 6.05. The number of primary amides is 1. The van der Waals surface area contributed by atoms with Gasteiger partial charge in [-0.05, 0) is 25.7 Å². The van der Waals surface area contributed by atoms with Crippen LogP contribution in [0.5, 0.6) is 0 Å². The number of hydrogen-bond acceptors (Lipinski definition) is 3. The molecule has 1 fully saturated rings. The molecule has 0 aliphatic heterocycles. The summed E-state index contributed by atoms with van der Waals surface area (Å²) in [6, 6.07) is -1.93. The van der Waals surface area contributed by atoms with E-state index in [9.17, 15) is 19.5 Å². The molecule has 0 saturated heterocycles. The maximum Gasteiger partial charge on any atom is 0.312 e. The van der Waals surface area contributed by atoms with Gasteiger partial charge < -0.3 is 21.5 Å². The van der Waals surface area contributed by atoms with Crippen LogP contribution in [0.4, 0.5) is 4.79 Å². The van der Waals surface area contributed by atoms with E-state index in [4.69, 9.17) is 5.73 Å². The van der Waals surface area contributed by atoms with Gasteiger partial charge in [-0.2, -0.15) is 0 Å². The molecule has 7 heteroatoms. The molecule has 0 radical (unpaired) electrons. The summed E-state index contributed by atoms with van der Waals surface area (Å²) in [5.74, 6) is -1.37. The summed E-state index contributed by atoms with van der Waals surface area (Å²) in [7, 11) is 0. The van der Waals surface area contributed by atoms with Gasteiger partial charge in [0.25, 0.3) is 0 Å². The average Bonchev–Trinajstić information content (AvgIpc) is 2.77. The highest BCUT2D eigenvalue weighted by atomic mass is 16.4. The third kappa shape index (κ3) is 3.86. The van der Waals surface area contributed by atoms with Gasteiger partial charge in [-0.15, -0.1) is 0 Å². The zero-order chi connectivity index (χ0) is 16.2. The molecule has 0 heterocycles. The van der Waals surface area contributed by atoms with Gasteiger partial charge in [-0.25, -0.2) is 4.79 Å². The van der Waals surface area contributed by atoms with Crippen LogP contribution in [0.3, 0.4) is 0 Å². The highest BCUT2D eigenvalue weighted by Gasteiger charge is 2.46. The maximum atomic E-state index is 12.4. The van der Waals surface area contributed by atoms with Gasteiger partial charge in [-0.1, -0.05) is 26.7 Å². The van der Waals surface area contributed by atoms with Crippen molar-refractivity contribution < 1.29 is 19.5 Å². The monoisotopic (exact) mass is 299 g/mol. The van der Waals surface area contributed by atoms with Gasteiger partial charge in [0, 0.05) is 6.04 Å². The first-order valence-electron chi connectivity index (χ1n) is 7.32. The third-order valence-electron chi connectivity index (χ3n) is 4.56. The number of nitrogens with two attached hydrogens (primary N) is 1. The van der Waals surface area contributed by atoms with Crippen LogP contribution >= 0.6 is 0 Å². The smallest absolute Gasteiger partial charge is 0.312 e. The van der Waals surface area contributed by atoms with E-state index in [2.05, 4.69) is 10.6 Å². The van der Waals surface area contributed by atoms with E-state index in [0.29, 0.717) is 19.3 Å². The lowest BCUT2D eigenvalue weighted by molar-refractivity contribution is -0.149. The lowest BCUT2D eigenvalue weighted by atomic mass is 9.84. The summed E-state index contributed by atoms with van der Waals surface area (Å²) in [5, 5.41) is 14.6. The van der Waals surface area contributed by atoms with Crippen molar-refractivity contribution in [2.75, 3.05) is 0 Å². The number of carboxylic acids is 1. The highest BCUT2D eigenvalue weighted by Crippen LogP contribution is 2.38. The Bertz CT molecular complexity index is 426. The molecule has 5 N–H and O–H groups in total. The molecule has 0 aromatic carbocycles. The fourth-order valence-corrected chi connectivity index (χ4v) is 2.77. The molecule has 1 aliphatic rings. The number of hydrogen-bond donors (Lipinski definition) is 4. The summed E-state index contributed by atoms with van der Waals surface area (Å²) in [5.41, 5.74) is 4.15. The van der Waals surface area contributed by atoms with E-state index < -0.39 is 29.5 Å². The molecule has 1 aliphatic carbocycles. The lowest BCUT2D eigenvalue weighted by Crippen LogP contribution is -2.56. The molecule has 0 spiro atoms. The predicted octanol–water partition coefficient (Wildman–Crippen LogP) is 0.829. The van der Waals surface area contributed by atoms with E-state index in [-0.39, 0.29) is 11.8 Å². The molecular weight excluding hydrogens is 274 g/mol. The van der Waals surface area contributed by atoms with Gasteiger partial charge in [0.15, 0.2) is 0 Å². The molecule has 1 rings (SSSR count). The number of nitrogens with one attached hydrogen (secondary N) is 2. The summed E-state index contributed by atoms with van der Waals surface area (Å²) in [4.78, 5) is 34.8. The minimum atomic E-state index is -0.956. The predicted molar refractivity (Wildman–Crippen MR) is 77.5 cm³/mol. The summed E-state index contributed by atoms with van der Waals surface area (Å²) >= 11 is 0. The number of urea groups is 1. The zero-order valence-electron chi connectivity index (χ0n) is 12.8. The zero-order valence-corrected chi connectivity index (χ0v) is 12.8. The number of carbonyl (C=O) groups excluding carboxylic acids is 2. The van der Waals surface area contributed by atoms with Crippen molar-refractivity contribution in [2.24, 2.45) is 17.1 Å². The van der Waals surface area contributed by atoms with Gasteiger partial charge in [0.1, 0.15) is 6.04 Å². The van der Waals surface area contributed by atoms with Gasteiger partial charge in [0.2, 0.25) is 5.91 Å². The van der Waals surface area contributed by atoms with Crippen LogP contribution in [0.1, 0.15) is 46.5 Å². The molecule has 0 aromatic heterocycles. The molecule has 0 aromatic rings. The third-order valence-corrected chi connectivity index (χ3v) is 4.56. The Morgan fingerprint density at radius 2 is 2.05 bits per heavy atom. The van der Waals surface area contributed by atoms with E-state index in [0.717, 1.165) is 6.42 Å². The van der Waals surface area contributed by atoms with E-state index >= 15 is 0 Å². The molecule has 0 bridgehead atoms.